The molecule has 1 unspecified atom stereocenters. The van der Waals surface area contributed by atoms with Crippen LogP contribution in [0, 0.1) is 5.41 Å². The third-order valence-electron chi connectivity index (χ3n) is 2.54. The van der Waals surface area contributed by atoms with Gasteiger partial charge < -0.3 is 20.3 Å². The second-order valence-corrected chi connectivity index (χ2v) is 4.41. The first-order valence-electron chi connectivity index (χ1n) is 5.61. The van der Waals surface area contributed by atoms with Crippen molar-refractivity contribution in [2.24, 2.45) is 5.41 Å². The predicted molar refractivity (Wildman–Crippen MR) is 61.0 cm³/mol. The summed E-state index contributed by atoms with van der Waals surface area (Å²) in [5.41, 5.74) is -0.440. The molecule has 0 saturated heterocycles. The van der Waals surface area contributed by atoms with E-state index in [1.807, 2.05) is 20.8 Å². The molecule has 0 aromatic heterocycles. The molecule has 0 fully saturated rings. The number of esters is 1. The van der Waals surface area contributed by atoms with Gasteiger partial charge in [-0.25, -0.2) is 0 Å². The first-order valence-corrected chi connectivity index (χ1v) is 5.61. The molecule has 0 aromatic carbocycles. The van der Waals surface area contributed by atoms with Crippen LogP contribution < -0.4 is 5.32 Å². The van der Waals surface area contributed by atoms with E-state index < -0.39 is 11.5 Å². The van der Waals surface area contributed by atoms with Crippen molar-refractivity contribution in [1.29, 1.82) is 0 Å². The molecule has 0 bridgehead atoms. The quantitative estimate of drug-likeness (QED) is 0.403. The van der Waals surface area contributed by atoms with Gasteiger partial charge in [-0.05, 0) is 20.3 Å². The van der Waals surface area contributed by atoms with Crippen LogP contribution >= 0.6 is 0 Å². The molecule has 96 valence electrons. The van der Waals surface area contributed by atoms with E-state index >= 15 is 0 Å². The minimum atomic E-state index is -0.761. The zero-order chi connectivity index (χ0) is 12.6. The lowest BCUT2D eigenvalue weighted by molar-refractivity contribution is -0.153. The second kappa shape index (κ2) is 7.60. The fourth-order valence-corrected chi connectivity index (χ4v) is 0.889. The summed E-state index contributed by atoms with van der Waals surface area (Å²) in [4.78, 5) is 11.5. The van der Waals surface area contributed by atoms with Gasteiger partial charge in [0, 0.05) is 13.1 Å². The molecular formula is C11H23NO4. The van der Waals surface area contributed by atoms with E-state index in [0.717, 1.165) is 6.42 Å². The van der Waals surface area contributed by atoms with Gasteiger partial charge in [0.2, 0.25) is 0 Å². The maximum atomic E-state index is 11.5. The number of carbonyl (C=O) groups excluding carboxylic acids is 1. The predicted octanol–water partition coefficient (Wildman–Crippen LogP) is -0.0914. The molecule has 0 amide bonds. The molecule has 0 aliphatic rings. The average Bonchev–Trinajstić information content (AvgIpc) is 2.27. The van der Waals surface area contributed by atoms with Crippen molar-refractivity contribution in [3.63, 3.8) is 0 Å². The van der Waals surface area contributed by atoms with Gasteiger partial charge in [0.25, 0.3) is 0 Å². The van der Waals surface area contributed by atoms with Crippen molar-refractivity contribution >= 4 is 5.97 Å². The molecule has 0 radical (unpaired) electrons. The highest BCUT2D eigenvalue weighted by atomic mass is 16.5. The summed E-state index contributed by atoms with van der Waals surface area (Å²) in [5.74, 6) is -0.209. The van der Waals surface area contributed by atoms with E-state index in [0.29, 0.717) is 13.1 Å². The summed E-state index contributed by atoms with van der Waals surface area (Å²) in [5, 5.41) is 20.4. The fraction of sp³-hybridized carbons (Fsp3) is 0.909. The van der Waals surface area contributed by atoms with Gasteiger partial charge in [-0.3, -0.25) is 4.79 Å². The molecule has 5 nitrogen and oxygen atoms in total. The van der Waals surface area contributed by atoms with Gasteiger partial charge in [0.1, 0.15) is 6.61 Å². The van der Waals surface area contributed by atoms with Crippen molar-refractivity contribution in [2.75, 3.05) is 26.3 Å². The molecule has 0 aromatic rings. The third-order valence-corrected chi connectivity index (χ3v) is 2.54. The highest BCUT2D eigenvalue weighted by Gasteiger charge is 2.26. The fourth-order valence-electron chi connectivity index (χ4n) is 0.889. The van der Waals surface area contributed by atoms with Crippen LogP contribution in [-0.2, 0) is 9.53 Å². The molecule has 16 heavy (non-hydrogen) atoms. The van der Waals surface area contributed by atoms with Crippen LogP contribution in [0.15, 0.2) is 0 Å². The Labute approximate surface area is 96.8 Å². The van der Waals surface area contributed by atoms with E-state index in [9.17, 15) is 4.79 Å². The minimum absolute atomic E-state index is 0.209. The van der Waals surface area contributed by atoms with Crippen molar-refractivity contribution in [3.8, 4) is 0 Å². The summed E-state index contributed by atoms with van der Waals surface area (Å²) in [6.45, 7) is 6.41. The minimum Gasteiger partial charge on any atom is -0.464 e. The lowest BCUT2D eigenvalue weighted by Gasteiger charge is -2.20. The van der Waals surface area contributed by atoms with Crippen LogP contribution in [0.4, 0.5) is 0 Å². The van der Waals surface area contributed by atoms with Gasteiger partial charge in [-0.1, -0.05) is 6.92 Å². The normalized spacial score (nSPS) is 13.6. The lowest BCUT2D eigenvalue weighted by Crippen LogP contribution is -2.33. The van der Waals surface area contributed by atoms with E-state index in [1.54, 1.807) is 0 Å². The number of rotatable bonds is 8. The van der Waals surface area contributed by atoms with Crippen molar-refractivity contribution < 1.29 is 19.7 Å². The van der Waals surface area contributed by atoms with Gasteiger partial charge >= 0.3 is 5.97 Å². The Hall–Kier alpha value is -0.650. The third kappa shape index (κ3) is 6.05. The Bertz CT molecular complexity index is 206. The van der Waals surface area contributed by atoms with Crippen LogP contribution in [0.25, 0.3) is 0 Å². The van der Waals surface area contributed by atoms with E-state index in [-0.39, 0.29) is 19.2 Å². The number of carbonyl (C=O) groups is 1. The Morgan fingerprint density at radius 2 is 2.12 bits per heavy atom. The molecule has 0 rings (SSSR count). The van der Waals surface area contributed by atoms with E-state index in [1.165, 1.54) is 0 Å². The summed E-state index contributed by atoms with van der Waals surface area (Å²) in [6, 6.07) is 0. The molecule has 1 atom stereocenters. The molecule has 5 heteroatoms. The molecule has 0 heterocycles. The average molecular weight is 233 g/mol. The zero-order valence-corrected chi connectivity index (χ0v) is 10.3. The number of ether oxygens (including phenoxy) is 1. The highest BCUT2D eigenvalue weighted by molar-refractivity contribution is 5.75. The number of nitrogens with one attached hydrogen (secondary N) is 1. The van der Waals surface area contributed by atoms with Gasteiger partial charge in [-0.2, -0.15) is 0 Å². The molecular weight excluding hydrogens is 210 g/mol. The van der Waals surface area contributed by atoms with E-state index in [2.05, 4.69) is 5.32 Å². The topological polar surface area (TPSA) is 78.8 Å². The lowest BCUT2D eigenvalue weighted by atomic mass is 9.91. The Morgan fingerprint density at radius 1 is 1.50 bits per heavy atom. The van der Waals surface area contributed by atoms with Crippen LogP contribution in [0.5, 0.6) is 0 Å². The number of hydrogen-bond donors (Lipinski definition) is 3. The highest BCUT2D eigenvalue weighted by Crippen LogP contribution is 2.21. The summed E-state index contributed by atoms with van der Waals surface area (Å²) >= 11 is 0. The van der Waals surface area contributed by atoms with E-state index in [4.69, 9.17) is 14.9 Å². The summed E-state index contributed by atoms with van der Waals surface area (Å²) in [6.07, 6.45) is -0.0227. The van der Waals surface area contributed by atoms with Crippen molar-refractivity contribution in [1.82, 2.24) is 5.32 Å². The first kappa shape index (κ1) is 15.3. The second-order valence-electron chi connectivity index (χ2n) is 4.41. The van der Waals surface area contributed by atoms with Crippen LogP contribution in [-0.4, -0.2) is 48.6 Å². The largest absolute Gasteiger partial charge is 0.464 e. The molecule has 0 aliphatic carbocycles. The van der Waals surface area contributed by atoms with Crippen LogP contribution in [0.1, 0.15) is 27.2 Å². The first-order chi connectivity index (χ1) is 7.44. The van der Waals surface area contributed by atoms with Crippen molar-refractivity contribution in [3.05, 3.63) is 0 Å². The maximum absolute atomic E-state index is 11.5. The zero-order valence-electron chi connectivity index (χ0n) is 10.3. The van der Waals surface area contributed by atoms with Gasteiger partial charge in [-0.15, -0.1) is 0 Å². The monoisotopic (exact) mass is 233 g/mol. The smallest absolute Gasteiger partial charge is 0.311 e. The van der Waals surface area contributed by atoms with Crippen LogP contribution in [0.2, 0.25) is 0 Å². The Kier molecular flexibility index (Phi) is 7.29. The Morgan fingerprint density at radius 3 is 2.62 bits per heavy atom. The number of hydrogen-bond acceptors (Lipinski definition) is 5. The van der Waals surface area contributed by atoms with Crippen LogP contribution in [0.3, 0.4) is 0 Å². The molecule has 0 spiro atoms. The Balaban J connectivity index is 3.56. The number of aliphatic hydroxyl groups excluding tert-OH is 2. The van der Waals surface area contributed by atoms with Gasteiger partial charge in [0.05, 0.1) is 18.1 Å². The number of aliphatic hydroxyl groups is 2. The standard InChI is InChI=1S/C11H23NO4/c1-4-11(2,3)10(15)16-6-5-12-7-9(14)8-13/h9,12-14H,4-8H2,1-3H3. The molecule has 0 aliphatic heterocycles. The molecule has 3 N–H and O–H groups in total. The van der Waals surface area contributed by atoms with Gasteiger partial charge in [0.15, 0.2) is 0 Å². The molecule has 0 saturated carbocycles. The van der Waals surface area contributed by atoms with Crippen molar-refractivity contribution in [2.45, 2.75) is 33.3 Å². The summed E-state index contributed by atoms with van der Waals surface area (Å²) < 4.78 is 5.07. The maximum Gasteiger partial charge on any atom is 0.311 e. The SMILES string of the molecule is CCC(C)(C)C(=O)OCCNCC(O)CO. The summed E-state index contributed by atoms with van der Waals surface area (Å²) in [7, 11) is 0.